The number of para-hydroxylation sites is 1. The van der Waals surface area contributed by atoms with Crippen LogP contribution in [0.5, 0.6) is 5.75 Å². The number of ketones is 1. The lowest BCUT2D eigenvalue weighted by Crippen LogP contribution is -2.54. The molecule has 2 aromatic carbocycles. The summed E-state index contributed by atoms with van der Waals surface area (Å²) in [5.41, 5.74) is 0.485. The van der Waals surface area contributed by atoms with E-state index in [-0.39, 0.29) is 30.1 Å². The Morgan fingerprint density at radius 1 is 0.974 bits per heavy atom. The number of thiophene rings is 1. The molecular weight excluding hydrogens is 514 g/mol. The van der Waals surface area contributed by atoms with E-state index in [0.29, 0.717) is 35.7 Å². The molecule has 5 rings (SSSR count). The highest BCUT2D eigenvalue weighted by Crippen LogP contribution is 2.34. The first kappa shape index (κ1) is 26.6. The molecule has 3 heterocycles. The van der Waals surface area contributed by atoms with Crippen molar-refractivity contribution in [1.82, 2.24) is 9.80 Å². The molecule has 1 aromatic heterocycles. The SMILES string of the molecule is CC(C)CC(C(=O)N1CCC2C1C(=O)CN2C(=O)Oc1ccccc1)N(C(=O)c1ccccc1)c1cccs1. The first-order valence-electron chi connectivity index (χ1n) is 13.1. The molecule has 0 bridgehead atoms. The van der Waals surface area contributed by atoms with Crippen LogP contribution in [0.3, 0.4) is 0 Å². The molecule has 9 heteroatoms. The molecule has 2 saturated heterocycles. The van der Waals surface area contributed by atoms with Crippen LogP contribution in [-0.2, 0) is 9.59 Å². The van der Waals surface area contributed by atoms with Crippen molar-refractivity contribution in [2.75, 3.05) is 18.0 Å². The topological polar surface area (TPSA) is 87.2 Å². The molecule has 0 N–H and O–H groups in total. The molecule has 2 fully saturated rings. The smallest absolute Gasteiger partial charge is 0.410 e. The zero-order valence-electron chi connectivity index (χ0n) is 21.9. The summed E-state index contributed by atoms with van der Waals surface area (Å²) in [5.74, 6) is -0.234. The molecule has 3 aromatic rings. The first-order valence-corrected chi connectivity index (χ1v) is 14.0. The van der Waals surface area contributed by atoms with Crippen molar-refractivity contribution in [1.29, 1.82) is 0 Å². The molecule has 3 amide bonds. The number of ether oxygens (including phenoxy) is 1. The van der Waals surface area contributed by atoms with Crippen molar-refractivity contribution >= 4 is 40.0 Å². The molecule has 3 atom stereocenters. The van der Waals surface area contributed by atoms with Crippen molar-refractivity contribution in [3.8, 4) is 5.75 Å². The number of likely N-dealkylation sites (tertiary alicyclic amines) is 2. The van der Waals surface area contributed by atoms with Crippen LogP contribution in [0.1, 0.15) is 37.0 Å². The molecule has 0 saturated carbocycles. The number of rotatable bonds is 7. The maximum atomic E-state index is 14.3. The highest BCUT2D eigenvalue weighted by molar-refractivity contribution is 7.14. The van der Waals surface area contributed by atoms with Crippen LogP contribution >= 0.6 is 11.3 Å². The van der Waals surface area contributed by atoms with Gasteiger partial charge in [0.15, 0.2) is 5.78 Å². The average molecular weight is 546 g/mol. The monoisotopic (exact) mass is 545 g/mol. The highest BCUT2D eigenvalue weighted by atomic mass is 32.1. The average Bonchev–Trinajstić information content (AvgIpc) is 3.68. The Kier molecular flexibility index (Phi) is 7.79. The van der Waals surface area contributed by atoms with Crippen LogP contribution in [0.15, 0.2) is 78.2 Å². The molecule has 0 spiro atoms. The summed E-state index contributed by atoms with van der Waals surface area (Å²) in [7, 11) is 0. The normalized spacial score (nSPS) is 19.2. The van der Waals surface area contributed by atoms with Gasteiger partial charge in [-0.1, -0.05) is 50.2 Å². The van der Waals surface area contributed by atoms with Crippen LogP contribution in [0, 0.1) is 5.92 Å². The predicted octanol–water partition coefficient (Wildman–Crippen LogP) is 4.86. The zero-order chi connectivity index (χ0) is 27.5. The van der Waals surface area contributed by atoms with Crippen LogP contribution < -0.4 is 9.64 Å². The van der Waals surface area contributed by atoms with Gasteiger partial charge in [0, 0.05) is 12.1 Å². The number of amides is 3. The van der Waals surface area contributed by atoms with E-state index >= 15 is 0 Å². The molecule has 8 nitrogen and oxygen atoms in total. The Labute approximate surface area is 231 Å². The number of hydrogen-bond acceptors (Lipinski definition) is 6. The third kappa shape index (κ3) is 5.45. The molecule has 0 radical (unpaired) electrons. The van der Waals surface area contributed by atoms with Gasteiger partial charge in [-0.05, 0) is 60.5 Å². The van der Waals surface area contributed by atoms with Gasteiger partial charge in [-0.2, -0.15) is 0 Å². The summed E-state index contributed by atoms with van der Waals surface area (Å²) in [6.45, 7) is 4.22. The maximum Gasteiger partial charge on any atom is 0.415 e. The largest absolute Gasteiger partial charge is 0.415 e. The Bertz CT molecular complexity index is 1330. The standard InChI is InChI=1S/C30H31N3O5S/c1-20(2)18-24(33(26-14-9-17-39-26)28(35)21-10-5-3-6-11-21)29(36)31-16-15-23-27(31)25(34)19-32(23)30(37)38-22-12-7-4-8-13-22/h3-14,17,20,23-24,27H,15-16,18-19H2,1-2H3. The maximum absolute atomic E-state index is 14.3. The van der Waals surface area contributed by atoms with Gasteiger partial charge in [0.05, 0.1) is 17.6 Å². The van der Waals surface area contributed by atoms with Gasteiger partial charge in [-0.15, -0.1) is 11.3 Å². The molecular formula is C30H31N3O5S. The summed E-state index contributed by atoms with van der Waals surface area (Å²) in [4.78, 5) is 58.8. The molecule has 0 aliphatic carbocycles. The Morgan fingerprint density at radius 3 is 2.31 bits per heavy atom. The Morgan fingerprint density at radius 2 is 1.67 bits per heavy atom. The van der Waals surface area contributed by atoms with Gasteiger partial charge < -0.3 is 9.64 Å². The second-order valence-corrected chi connectivity index (χ2v) is 11.2. The second kappa shape index (κ2) is 11.4. The van der Waals surface area contributed by atoms with Gasteiger partial charge in [-0.3, -0.25) is 24.2 Å². The fraction of sp³-hybridized carbons (Fsp3) is 0.333. The molecule has 2 aliphatic rings. The summed E-state index contributed by atoms with van der Waals surface area (Å²) in [5, 5.41) is 2.55. The number of fused-ring (bicyclic) bond motifs is 1. The van der Waals surface area contributed by atoms with Crippen molar-refractivity contribution in [3.63, 3.8) is 0 Å². The van der Waals surface area contributed by atoms with E-state index in [0.717, 1.165) is 0 Å². The van der Waals surface area contributed by atoms with Gasteiger partial charge >= 0.3 is 6.09 Å². The summed E-state index contributed by atoms with van der Waals surface area (Å²) >= 11 is 1.39. The number of nitrogens with zero attached hydrogens (tertiary/aromatic N) is 3. The zero-order valence-corrected chi connectivity index (χ0v) is 22.8. The number of carbonyl (C=O) groups excluding carboxylic acids is 4. The number of Topliss-reactive ketones (excluding diaryl/α,β-unsaturated/α-hetero) is 1. The number of hydrogen-bond donors (Lipinski definition) is 0. The third-order valence-electron chi connectivity index (χ3n) is 7.16. The fourth-order valence-electron chi connectivity index (χ4n) is 5.44. The van der Waals surface area contributed by atoms with Crippen molar-refractivity contribution in [2.45, 2.75) is 44.8 Å². The Balaban J connectivity index is 1.42. The molecule has 2 aliphatic heterocycles. The van der Waals surface area contributed by atoms with E-state index < -0.39 is 24.2 Å². The lowest BCUT2D eigenvalue weighted by molar-refractivity contribution is -0.137. The minimum absolute atomic E-state index is 0.111. The van der Waals surface area contributed by atoms with Crippen molar-refractivity contribution in [3.05, 3.63) is 83.7 Å². The number of anilines is 1. The van der Waals surface area contributed by atoms with E-state index in [2.05, 4.69) is 0 Å². The van der Waals surface area contributed by atoms with Crippen molar-refractivity contribution < 1.29 is 23.9 Å². The second-order valence-electron chi connectivity index (χ2n) is 10.2. The lowest BCUT2D eigenvalue weighted by atomic mass is 9.99. The summed E-state index contributed by atoms with van der Waals surface area (Å²) < 4.78 is 5.50. The fourth-order valence-corrected chi connectivity index (χ4v) is 6.22. The minimum Gasteiger partial charge on any atom is -0.410 e. The molecule has 202 valence electrons. The summed E-state index contributed by atoms with van der Waals surface area (Å²) in [6.07, 6.45) is 0.290. The van der Waals surface area contributed by atoms with E-state index in [4.69, 9.17) is 4.74 Å². The first-order chi connectivity index (χ1) is 18.8. The van der Waals surface area contributed by atoms with E-state index in [1.807, 2.05) is 43.5 Å². The van der Waals surface area contributed by atoms with E-state index in [9.17, 15) is 19.2 Å². The number of benzene rings is 2. The van der Waals surface area contributed by atoms with Crippen LogP contribution in [-0.4, -0.2) is 64.7 Å². The lowest BCUT2D eigenvalue weighted by Gasteiger charge is -2.35. The third-order valence-corrected chi connectivity index (χ3v) is 8.03. The van der Waals surface area contributed by atoms with Gasteiger partial charge in [0.2, 0.25) is 5.91 Å². The molecule has 39 heavy (non-hydrogen) atoms. The van der Waals surface area contributed by atoms with Crippen LogP contribution in [0.25, 0.3) is 0 Å². The van der Waals surface area contributed by atoms with E-state index in [1.165, 1.54) is 16.2 Å². The number of carbonyl (C=O) groups is 4. The minimum atomic E-state index is -0.798. The highest BCUT2D eigenvalue weighted by Gasteiger charge is 2.53. The van der Waals surface area contributed by atoms with Crippen LogP contribution in [0.2, 0.25) is 0 Å². The van der Waals surface area contributed by atoms with Crippen LogP contribution in [0.4, 0.5) is 9.80 Å². The predicted molar refractivity (Wildman–Crippen MR) is 149 cm³/mol. The Hall–Kier alpha value is -3.98. The summed E-state index contributed by atoms with van der Waals surface area (Å²) in [6, 6.07) is 19.3. The van der Waals surface area contributed by atoms with Gasteiger partial charge in [-0.25, -0.2) is 4.79 Å². The quantitative estimate of drug-likeness (QED) is 0.423. The van der Waals surface area contributed by atoms with Crippen molar-refractivity contribution in [2.24, 2.45) is 5.92 Å². The van der Waals surface area contributed by atoms with Gasteiger partial charge in [0.25, 0.3) is 5.91 Å². The molecule has 3 unspecified atom stereocenters. The van der Waals surface area contributed by atoms with Gasteiger partial charge in [0.1, 0.15) is 17.8 Å². The van der Waals surface area contributed by atoms with E-state index in [1.54, 1.807) is 58.3 Å².